The van der Waals surface area contributed by atoms with Crippen molar-refractivity contribution in [3.63, 3.8) is 0 Å². The van der Waals surface area contributed by atoms with E-state index in [2.05, 4.69) is 11.4 Å². The average molecular weight is 515 g/mol. The highest BCUT2D eigenvalue weighted by Gasteiger charge is 2.31. The number of carbonyl (C=O) groups is 2. The Balaban J connectivity index is 1.60. The molecule has 3 aromatic rings. The van der Waals surface area contributed by atoms with E-state index in [9.17, 15) is 9.59 Å². The van der Waals surface area contributed by atoms with Crippen LogP contribution in [0.4, 0.5) is 0 Å². The van der Waals surface area contributed by atoms with Gasteiger partial charge >= 0.3 is 0 Å². The topological polar surface area (TPSA) is 67.9 Å². The molecule has 1 aliphatic heterocycles. The molecule has 2 amide bonds. The van der Waals surface area contributed by atoms with Crippen molar-refractivity contribution in [1.82, 2.24) is 10.2 Å². The van der Waals surface area contributed by atoms with E-state index in [1.54, 1.807) is 4.90 Å². The van der Waals surface area contributed by atoms with Gasteiger partial charge < -0.3 is 19.7 Å². The van der Waals surface area contributed by atoms with Crippen LogP contribution in [0.2, 0.25) is 0 Å². The van der Waals surface area contributed by atoms with Gasteiger partial charge in [0.25, 0.3) is 0 Å². The zero-order valence-corrected chi connectivity index (χ0v) is 22.6. The molecular weight excluding hydrogens is 476 g/mol. The molecule has 0 saturated carbocycles. The number of nitrogens with one attached hydrogen (secondary N) is 1. The summed E-state index contributed by atoms with van der Waals surface area (Å²) in [4.78, 5) is 29.3. The van der Waals surface area contributed by atoms with Crippen molar-refractivity contribution >= 4 is 11.8 Å². The number of hydrogen-bond donors (Lipinski definition) is 1. The summed E-state index contributed by atoms with van der Waals surface area (Å²) in [7, 11) is 0. The molecule has 0 aliphatic carbocycles. The van der Waals surface area contributed by atoms with Gasteiger partial charge in [0.05, 0.1) is 0 Å². The van der Waals surface area contributed by atoms with Crippen LogP contribution in [0.5, 0.6) is 11.5 Å². The molecule has 2 atom stereocenters. The molecular formula is C32H38N2O4. The second kappa shape index (κ2) is 13.1. The third-order valence-electron chi connectivity index (χ3n) is 6.94. The van der Waals surface area contributed by atoms with Gasteiger partial charge in [-0.05, 0) is 55.5 Å². The molecule has 0 saturated heterocycles. The molecule has 200 valence electrons. The largest absolute Gasteiger partial charge is 0.486 e. The Hall–Kier alpha value is -3.80. The van der Waals surface area contributed by atoms with E-state index in [4.69, 9.17) is 9.47 Å². The second-order valence-electron chi connectivity index (χ2n) is 10.0. The fourth-order valence-electron chi connectivity index (χ4n) is 4.64. The van der Waals surface area contributed by atoms with Crippen molar-refractivity contribution in [2.24, 2.45) is 0 Å². The lowest BCUT2D eigenvalue weighted by molar-refractivity contribution is -0.141. The molecule has 0 unspecified atom stereocenters. The first-order valence-corrected chi connectivity index (χ1v) is 13.5. The molecule has 0 aromatic heterocycles. The third kappa shape index (κ3) is 7.37. The normalized spacial score (nSPS) is 13.9. The fourth-order valence-corrected chi connectivity index (χ4v) is 4.64. The summed E-state index contributed by atoms with van der Waals surface area (Å²) in [6.07, 6.45) is 2.10. The second-order valence-corrected chi connectivity index (χ2v) is 10.0. The molecule has 6 heteroatoms. The highest BCUT2D eigenvalue weighted by molar-refractivity contribution is 5.88. The fraction of sp³-hybridized carbons (Fsp3) is 0.375. The van der Waals surface area contributed by atoms with Gasteiger partial charge in [0.1, 0.15) is 19.3 Å². The Morgan fingerprint density at radius 2 is 1.63 bits per heavy atom. The number of carbonyl (C=O) groups excluding carboxylic acids is 2. The maximum absolute atomic E-state index is 13.9. The number of fused-ring (bicyclic) bond motifs is 1. The van der Waals surface area contributed by atoms with Gasteiger partial charge in [-0.2, -0.15) is 0 Å². The van der Waals surface area contributed by atoms with Crippen LogP contribution in [0.25, 0.3) is 0 Å². The van der Waals surface area contributed by atoms with Gasteiger partial charge in [0, 0.05) is 25.4 Å². The van der Waals surface area contributed by atoms with Crippen LogP contribution in [0.1, 0.15) is 48.9 Å². The first-order valence-electron chi connectivity index (χ1n) is 13.5. The minimum absolute atomic E-state index is 0.0226. The van der Waals surface area contributed by atoms with Gasteiger partial charge in [-0.1, -0.05) is 73.2 Å². The van der Waals surface area contributed by atoms with Gasteiger partial charge in [0.15, 0.2) is 11.5 Å². The summed E-state index contributed by atoms with van der Waals surface area (Å²) in [5.41, 5.74) is 4.15. The van der Waals surface area contributed by atoms with Crippen molar-refractivity contribution < 1.29 is 19.1 Å². The number of amides is 2. The van der Waals surface area contributed by atoms with Crippen LogP contribution in [-0.2, 0) is 29.0 Å². The van der Waals surface area contributed by atoms with Crippen molar-refractivity contribution in [2.75, 3.05) is 13.2 Å². The summed E-state index contributed by atoms with van der Waals surface area (Å²) in [5.74, 6) is 1.27. The highest BCUT2D eigenvalue weighted by atomic mass is 16.6. The van der Waals surface area contributed by atoms with Crippen LogP contribution in [0.15, 0.2) is 72.8 Å². The lowest BCUT2D eigenvalue weighted by Crippen LogP contribution is -2.52. The van der Waals surface area contributed by atoms with Crippen LogP contribution in [0.3, 0.4) is 0 Å². The van der Waals surface area contributed by atoms with Crippen molar-refractivity contribution in [3.8, 4) is 11.5 Å². The SMILES string of the molecule is CC[C@@H](C)NC(=O)[C@@H](Cc1ccccc1)N(Cc1cccc(C)c1)C(=O)CCc1ccc2c(c1)OCCO2. The Labute approximate surface area is 226 Å². The van der Waals surface area contributed by atoms with E-state index < -0.39 is 6.04 Å². The smallest absolute Gasteiger partial charge is 0.243 e. The van der Waals surface area contributed by atoms with Gasteiger partial charge in [0.2, 0.25) is 11.8 Å². The van der Waals surface area contributed by atoms with Crippen molar-refractivity contribution in [1.29, 1.82) is 0 Å². The van der Waals surface area contributed by atoms with Gasteiger partial charge in [-0.3, -0.25) is 9.59 Å². The number of rotatable bonds is 11. The minimum Gasteiger partial charge on any atom is -0.486 e. The summed E-state index contributed by atoms with van der Waals surface area (Å²) in [6.45, 7) is 7.50. The number of ether oxygens (including phenoxy) is 2. The summed E-state index contributed by atoms with van der Waals surface area (Å²) < 4.78 is 11.3. The summed E-state index contributed by atoms with van der Waals surface area (Å²) >= 11 is 0. The zero-order chi connectivity index (χ0) is 26.9. The molecule has 0 spiro atoms. The molecule has 6 nitrogen and oxygen atoms in total. The van der Waals surface area contributed by atoms with E-state index in [1.165, 1.54) is 0 Å². The first-order chi connectivity index (χ1) is 18.4. The van der Waals surface area contributed by atoms with Crippen LogP contribution in [0, 0.1) is 6.92 Å². The Bertz CT molecular complexity index is 1230. The van der Waals surface area contributed by atoms with Crippen molar-refractivity contribution in [2.45, 2.75) is 65.1 Å². The van der Waals surface area contributed by atoms with Crippen LogP contribution < -0.4 is 14.8 Å². The summed E-state index contributed by atoms with van der Waals surface area (Å²) in [6, 6.07) is 23.2. The molecule has 0 bridgehead atoms. The number of hydrogen-bond acceptors (Lipinski definition) is 4. The molecule has 0 radical (unpaired) electrons. The van der Waals surface area contributed by atoms with E-state index in [0.717, 1.165) is 34.4 Å². The third-order valence-corrected chi connectivity index (χ3v) is 6.94. The lowest BCUT2D eigenvalue weighted by Gasteiger charge is -2.32. The molecule has 1 aliphatic rings. The predicted molar refractivity (Wildman–Crippen MR) is 149 cm³/mol. The standard InChI is InChI=1S/C32H38N2O4/c1-4-24(3)33-32(36)28(20-25-10-6-5-7-11-25)34(22-27-12-8-9-23(2)19-27)31(35)16-14-26-13-15-29-30(21-26)38-18-17-37-29/h5-13,15,19,21,24,28H,4,14,16-18,20,22H2,1-3H3,(H,33,36)/t24-,28-/m1/s1. The van der Waals surface area contributed by atoms with Crippen LogP contribution >= 0.6 is 0 Å². The quantitative estimate of drug-likeness (QED) is 0.379. The molecule has 1 N–H and O–H groups in total. The Morgan fingerprint density at radius 1 is 0.895 bits per heavy atom. The molecule has 1 heterocycles. The monoisotopic (exact) mass is 514 g/mol. The summed E-state index contributed by atoms with van der Waals surface area (Å²) in [5, 5.41) is 3.13. The van der Waals surface area contributed by atoms with Gasteiger partial charge in [-0.25, -0.2) is 0 Å². The lowest BCUT2D eigenvalue weighted by atomic mass is 10.0. The number of nitrogens with zero attached hydrogens (tertiary/aromatic N) is 1. The molecule has 4 rings (SSSR count). The number of benzene rings is 3. The maximum Gasteiger partial charge on any atom is 0.243 e. The minimum atomic E-state index is -0.625. The van der Waals surface area contributed by atoms with E-state index in [-0.39, 0.29) is 24.3 Å². The molecule has 3 aromatic carbocycles. The highest BCUT2D eigenvalue weighted by Crippen LogP contribution is 2.31. The van der Waals surface area contributed by atoms with E-state index in [0.29, 0.717) is 38.3 Å². The number of aryl methyl sites for hydroxylation is 2. The van der Waals surface area contributed by atoms with E-state index >= 15 is 0 Å². The molecule has 38 heavy (non-hydrogen) atoms. The van der Waals surface area contributed by atoms with Crippen LogP contribution in [-0.4, -0.2) is 42.0 Å². The van der Waals surface area contributed by atoms with Crippen molar-refractivity contribution in [3.05, 3.63) is 95.1 Å². The van der Waals surface area contributed by atoms with E-state index in [1.807, 2.05) is 87.5 Å². The zero-order valence-electron chi connectivity index (χ0n) is 22.6. The average Bonchev–Trinajstić information content (AvgIpc) is 2.94. The Kier molecular flexibility index (Phi) is 9.41. The Morgan fingerprint density at radius 3 is 2.37 bits per heavy atom. The maximum atomic E-state index is 13.9. The predicted octanol–water partition coefficient (Wildman–Crippen LogP) is 5.25. The molecule has 0 fully saturated rings. The van der Waals surface area contributed by atoms with Gasteiger partial charge in [-0.15, -0.1) is 0 Å². The first kappa shape index (κ1) is 27.2.